The number of rotatable bonds is 2. The molecule has 1 aliphatic heterocycles. The molecule has 0 unspecified atom stereocenters. The maximum absolute atomic E-state index is 12.5. The Balaban J connectivity index is 2.36. The van der Waals surface area contributed by atoms with Gasteiger partial charge in [0.25, 0.3) is 0 Å². The van der Waals surface area contributed by atoms with Gasteiger partial charge in [-0.2, -0.15) is 0 Å². The van der Waals surface area contributed by atoms with Gasteiger partial charge in [-0.1, -0.05) is 6.07 Å². The standard InChI is InChI=1S/C14H15N3O4/c1-15-9-4-2-5-10-13(9)16(7-3-6-11(15)18)14(21)17(10)8-12(19)20/h2,4-5H,3,6-8H2,1H3,(H,19,20). The summed E-state index contributed by atoms with van der Waals surface area (Å²) in [6, 6.07) is 5.21. The first-order valence-electron chi connectivity index (χ1n) is 6.71. The van der Waals surface area contributed by atoms with E-state index in [9.17, 15) is 14.4 Å². The number of aliphatic carboxylic acids is 1. The Hall–Kier alpha value is -2.57. The minimum atomic E-state index is -1.07. The van der Waals surface area contributed by atoms with E-state index >= 15 is 0 Å². The van der Waals surface area contributed by atoms with Crippen LogP contribution in [0.4, 0.5) is 5.69 Å². The van der Waals surface area contributed by atoms with Crippen LogP contribution in [-0.2, 0) is 22.7 Å². The molecule has 0 radical (unpaired) electrons. The highest BCUT2D eigenvalue weighted by Gasteiger charge is 2.23. The molecular formula is C14H15N3O4. The summed E-state index contributed by atoms with van der Waals surface area (Å²) in [6.07, 6.45) is 0.923. The molecule has 1 aromatic carbocycles. The van der Waals surface area contributed by atoms with Crippen molar-refractivity contribution in [2.75, 3.05) is 11.9 Å². The SMILES string of the molecule is CN1C(=O)CCCn2c(=O)n(CC(=O)O)c3cccc1c32. The lowest BCUT2D eigenvalue weighted by Gasteiger charge is -2.21. The number of benzene rings is 1. The topological polar surface area (TPSA) is 84.5 Å². The number of carbonyl (C=O) groups is 2. The number of hydrogen-bond acceptors (Lipinski definition) is 3. The number of amides is 1. The zero-order chi connectivity index (χ0) is 15.1. The molecular weight excluding hydrogens is 274 g/mol. The van der Waals surface area contributed by atoms with Gasteiger partial charge in [0.05, 0.1) is 16.7 Å². The first-order valence-corrected chi connectivity index (χ1v) is 6.71. The van der Waals surface area contributed by atoms with Gasteiger partial charge in [-0.25, -0.2) is 4.79 Å². The molecule has 21 heavy (non-hydrogen) atoms. The van der Waals surface area contributed by atoms with Crippen LogP contribution in [0, 0.1) is 0 Å². The van der Waals surface area contributed by atoms with Gasteiger partial charge in [0.1, 0.15) is 6.54 Å². The number of nitrogens with zero attached hydrogens (tertiary/aromatic N) is 3. The summed E-state index contributed by atoms with van der Waals surface area (Å²) in [5.41, 5.74) is 1.46. The molecule has 1 N–H and O–H groups in total. The second-order valence-corrected chi connectivity index (χ2v) is 5.12. The van der Waals surface area contributed by atoms with E-state index in [2.05, 4.69) is 0 Å². The van der Waals surface area contributed by atoms with E-state index in [1.54, 1.807) is 29.8 Å². The van der Waals surface area contributed by atoms with Gasteiger partial charge in [-0.3, -0.25) is 18.7 Å². The van der Waals surface area contributed by atoms with Gasteiger partial charge in [0.15, 0.2) is 0 Å². The van der Waals surface area contributed by atoms with Gasteiger partial charge in [-0.05, 0) is 18.6 Å². The first-order chi connectivity index (χ1) is 10.0. The van der Waals surface area contributed by atoms with Crippen molar-refractivity contribution in [1.29, 1.82) is 0 Å². The fourth-order valence-electron chi connectivity index (χ4n) is 2.81. The highest BCUT2D eigenvalue weighted by Crippen LogP contribution is 2.28. The van der Waals surface area contributed by atoms with Crippen LogP contribution in [-0.4, -0.2) is 33.2 Å². The molecule has 0 atom stereocenters. The minimum absolute atomic E-state index is 0.00724. The maximum Gasteiger partial charge on any atom is 0.329 e. The number of para-hydroxylation sites is 1. The van der Waals surface area contributed by atoms with E-state index in [1.807, 2.05) is 0 Å². The number of carboxylic acids is 1. The van der Waals surface area contributed by atoms with E-state index in [0.717, 1.165) is 0 Å². The molecule has 1 aromatic heterocycles. The van der Waals surface area contributed by atoms with Gasteiger partial charge >= 0.3 is 11.7 Å². The molecule has 1 amide bonds. The number of anilines is 1. The molecule has 0 saturated heterocycles. The third-order valence-corrected chi connectivity index (χ3v) is 3.82. The third-order valence-electron chi connectivity index (χ3n) is 3.82. The van der Waals surface area contributed by atoms with Crippen LogP contribution >= 0.6 is 0 Å². The molecule has 0 saturated carbocycles. The van der Waals surface area contributed by atoms with Crippen molar-refractivity contribution in [1.82, 2.24) is 9.13 Å². The number of aryl methyl sites for hydroxylation is 1. The maximum atomic E-state index is 12.5. The molecule has 0 aliphatic carbocycles. The smallest absolute Gasteiger partial charge is 0.329 e. The van der Waals surface area contributed by atoms with Crippen molar-refractivity contribution in [2.24, 2.45) is 0 Å². The summed E-state index contributed by atoms with van der Waals surface area (Å²) in [6.45, 7) is 0.0298. The first kappa shape index (κ1) is 13.4. The Morgan fingerprint density at radius 3 is 2.81 bits per heavy atom. The molecule has 7 nitrogen and oxygen atoms in total. The quantitative estimate of drug-likeness (QED) is 0.879. The van der Waals surface area contributed by atoms with Crippen LogP contribution in [0.3, 0.4) is 0 Å². The molecule has 0 fully saturated rings. The Kier molecular flexibility index (Phi) is 3.04. The predicted octanol–water partition coefficient (Wildman–Crippen LogP) is 0.644. The van der Waals surface area contributed by atoms with Crippen LogP contribution in [0.5, 0.6) is 0 Å². The number of hydrogen-bond donors (Lipinski definition) is 1. The van der Waals surface area contributed by atoms with E-state index in [1.165, 1.54) is 9.47 Å². The second-order valence-electron chi connectivity index (χ2n) is 5.12. The summed E-state index contributed by atoms with van der Waals surface area (Å²) in [5, 5.41) is 8.99. The van der Waals surface area contributed by atoms with Gasteiger partial charge in [-0.15, -0.1) is 0 Å². The van der Waals surface area contributed by atoms with Crippen LogP contribution < -0.4 is 10.6 Å². The van der Waals surface area contributed by atoms with Crippen LogP contribution in [0.15, 0.2) is 23.0 Å². The number of carbonyl (C=O) groups excluding carboxylic acids is 1. The third kappa shape index (κ3) is 2.01. The van der Waals surface area contributed by atoms with Gasteiger partial charge in [0, 0.05) is 20.0 Å². The lowest BCUT2D eigenvalue weighted by atomic mass is 10.2. The van der Waals surface area contributed by atoms with Crippen molar-refractivity contribution in [3.63, 3.8) is 0 Å². The highest BCUT2D eigenvalue weighted by atomic mass is 16.4. The summed E-state index contributed by atoms with van der Waals surface area (Å²) in [5.74, 6) is -1.08. The van der Waals surface area contributed by atoms with Crippen molar-refractivity contribution >= 4 is 28.6 Å². The molecule has 110 valence electrons. The largest absolute Gasteiger partial charge is 0.480 e. The monoisotopic (exact) mass is 289 g/mol. The number of aromatic nitrogens is 2. The van der Waals surface area contributed by atoms with Crippen LogP contribution in [0.2, 0.25) is 0 Å². The highest BCUT2D eigenvalue weighted by molar-refractivity contribution is 6.01. The summed E-state index contributed by atoms with van der Waals surface area (Å²) in [4.78, 5) is 37.0. The summed E-state index contributed by atoms with van der Waals surface area (Å²) >= 11 is 0. The Bertz CT molecular complexity index is 802. The number of imidazole rings is 1. The fourth-order valence-corrected chi connectivity index (χ4v) is 2.81. The van der Waals surface area contributed by atoms with Crippen molar-refractivity contribution < 1.29 is 14.7 Å². The van der Waals surface area contributed by atoms with Crippen LogP contribution in [0.1, 0.15) is 12.8 Å². The molecule has 0 bridgehead atoms. The lowest BCUT2D eigenvalue weighted by Crippen LogP contribution is -2.31. The summed E-state index contributed by atoms with van der Waals surface area (Å²) < 4.78 is 2.81. The van der Waals surface area contributed by atoms with E-state index in [0.29, 0.717) is 36.1 Å². The molecule has 2 aromatic rings. The van der Waals surface area contributed by atoms with Crippen molar-refractivity contribution in [2.45, 2.75) is 25.9 Å². The Morgan fingerprint density at radius 1 is 1.33 bits per heavy atom. The Labute approximate surface area is 120 Å². The summed E-state index contributed by atoms with van der Waals surface area (Å²) in [7, 11) is 1.67. The molecule has 7 heteroatoms. The molecule has 1 aliphatic rings. The van der Waals surface area contributed by atoms with E-state index < -0.39 is 5.97 Å². The average molecular weight is 289 g/mol. The van der Waals surface area contributed by atoms with Crippen molar-refractivity contribution in [3.8, 4) is 0 Å². The fraction of sp³-hybridized carbons (Fsp3) is 0.357. The zero-order valence-corrected chi connectivity index (χ0v) is 11.6. The molecule has 0 spiro atoms. The van der Waals surface area contributed by atoms with E-state index in [4.69, 9.17) is 5.11 Å². The average Bonchev–Trinajstić information content (AvgIpc) is 2.70. The lowest BCUT2D eigenvalue weighted by molar-refractivity contribution is -0.137. The zero-order valence-electron chi connectivity index (χ0n) is 11.6. The second kappa shape index (κ2) is 4.76. The van der Waals surface area contributed by atoms with Gasteiger partial charge in [0.2, 0.25) is 5.91 Å². The van der Waals surface area contributed by atoms with Crippen molar-refractivity contribution in [3.05, 3.63) is 28.7 Å². The van der Waals surface area contributed by atoms with E-state index in [-0.39, 0.29) is 18.1 Å². The minimum Gasteiger partial charge on any atom is -0.480 e. The Morgan fingerprint density at radius 2 is 2.10 bits per heavy atom. The molecule has 2 heterocycles. The van der Waals surface area contributed by atoms with Crippen LogP contribution in [0.25, 0.3) is 11.0 Å². The van der Waals surface area contributed by atoms with Gasteiger partial charge < -0.3 is 10.0 Å². The normalized spacial score (nSPS) is 15.1. The number of carboxylic acid groups (broad SMARTS) is 1. The predicted molar refractivity (Wildman–Crippen MR) is 76.5 cm³/mol. The molecule has 3 rings (SSSR count).